The fraction of sp³-hybridized carbons (Fsp3) is 0.179. The van der Waals surface area contributed by atoms with Crippen LogP contribution in [0.25, 0.3) is 50.5 Å². The average Bonchev–Trinajstić information content (AvgIpc) is 3.68. The normalized spacial score (nSPS) is 14.8. The summed E-state index contributed by atoms with van der Waals surface area (Å²) in [6, 6.07) is 21.0. The van der Waals surface area contributed by atoms with Crippen LogP contribution < -0.4 is 4.90 Å². The van der Waals surface area contributed by atoms with Crippen LogP contribution in [-0.2, 0) is 0 Å². The number of H-pyrrole nitrogens is 2. The van der Waals surface area contributed by atoms with Crippen molar-refractivity contribution in [2.45, 2.75) is 0 Å². The Balaban J connectivity index is 1.17. The summed E-state index contributed by atoms with van der Waals surface area (Å²) < 4.78 is 1.98. The first-order chi connectivity index (χ1) is 17.7. The second-order valence-electron chi connectivity index (χ2n) is 9.41. The number of benzene rings is 3. The van der Waals surface area contributed by atoms with Crippen LogP contribution in [0.1, 0.15) is 0 Å². The second-order valence-corrected chi connectivity index (χ2v) is 9.41. The zero-order valence-corrected chi connectivity index (χ0v) is 20.0. The number of piperazine rings is 1. The summed E-state index contributed by atoms with van der Waals surface area (Å²) in [6.07, 6.45) is 5.51. The van der Waals surface area contributed by atoms with Crippen molar-refractivity contribution in [3.8, 4) is 28.5 Å². The van der Waals surface area contributed by atoms with Gasteiger partial charge in [0.15, 0.2) is 0 Å². The van der Waals surface area contributed by atoms with Crippen LogP contribution in [0.4, 0.5) is 5.69 Å². The van der Waals surface area contributed by atoms with Crippen LogP contribution in [0.15, 0.2) is 79.4 Å². The zero-order chi connectivity index (χ0) is 24.1. The minimum Gasteiger partial charge on any atom is -0.369 e. The first-order valence-electron chi connectivity index (χ1n) is 12.2. The number of imidazole rings is 3. The number of rotatable bonds is 4. The maximum Gasteiger partial charge on any atom is 0.138 e. The number of nitrogens with one attached hydrogen (secondary N) is 2. The average molecular weight is 475 g/mol. The third kappa shape index (κ3) is 3.72. The number of hydrogen-bond donors (Lipinski definition) is 2. The Morgan fingerprint density at radius 3 is 2.06 bits per heavy atom. The van der Waals surface area contributed by atoms with Gasteiger partial charge in [-0.05, 0) is 67.7 Å². The summed E-state index contributed by atoms with van der Waals surface area (Å²) >= 11 is 0. The molecule has 1 saturated heterocycles. The van der Waals surface area contributed by atoms with E-state index in [9.17, 15) is 0 Å². The summed E-state index contributed by atoms with van der Waals surface area (Å²) in [5, 5.41) is 0. The Bertz CT molecular complexity index is 1650. The Morgan fingerprint density at radius 2 is 1.33 bits per heavy atom. The fourth-order valence-corrected chi connectivity index (χ4v) is 4.89. The molecule has 0 aliphatic carbocycles. The van der Waals surface area contributed by atoms with Gasteiger partial charge in [0.2, 0.25) is 0 Å². The van der Waals surface area contributed by atoms with Gasteiger partial charge in [-0.2, -0.15) is 0 Å². The highest BCUT2D eigenvalue weighted by Gasteiger charge is 2.16. The third-order valence-corrected chi connectivity index (χ3v) is 7.03. The molecule has 0 amide bonds. The van der Waals surface area contributed by atoms with E-state index in [4.69, 9.17) is 9.97 Å². The van der Waals surface area contributed by atoms with Crippen molar-refractivity contribution in [2.24, 2.45) is 0 Å². The third-order valence-electron chi connectivity index (χ3n) is 7.03. The predicted molar refractivity (Wildman–Crippen MR) is 143 cm³/mol. The molecule has 3 aromatic carbocycles. The van der Waals surface area contributed by atoms with E-state index in [1.807, 2.05) is 16.8 Å². The van der Waals surface area contributed by atoms with E-state index in [1.54, 1.807) is 12.5 Å². The molecule has 0 radical (unpaired) electrons. The van der Waals surface area contributed by atoms with E-state index in [2.05, 4.69) is 86.4 Å². The maximum atomic E-state index is 4.86. The molecule has 6 aromatic rings. The molecule has 0 saturated carbocycles. The second kappa shape index (κ2) is 8.35. The monoisotopic (exact) mass is 474 g/mol. The lowest BCUT2D eigenvalue weighted by molar-refractivity contribution is 0.313. The molecule has 4 heterocycles. The van der Waals surface area contributed by atoms with E-state index in [1.165, 1.54) is 5.69 Å². The van der Waals surface area contributed by atoms with Crippen molar-refractivity contribution < 1.29 is 0 Å². The lowest BCUT2D eigenvalue weighted by atomic mass is 10.2. The number of aromatic nitrogens is 6. The molecule has 0 bridgehead atoms. The van der Waals surface area contributed by atoms with Crippen molar-refractivity contribution in [1.29, 1.82) is 0 Å². The molecule has 36 heavy (non-hydrogen) atoms. The van der Waals surface area contributed by atoms with Crippen molar-refractivity contribution >= 4 is 27.8 Å². The van der Waals surface area contributed by atoms with Gasteiger partial charge in [-0.3, -0.25) is 0 Å². The summed E-state index contributed by atoms with van der Waals surface area (Å²) in [6.45, 7) is 4.28. The molecule has 3 aromatic heterocycles. The number of hydrogen-bond acceptors (Lipinski definition) is 5. The summed E-state index contributed by atoms with van der Waals surface area (Å²) in [7, 11) is 2.18. The van der Waals surface area contributed by atoms with E-state index in [0.29, 0.717) is 0 Å². The van der Waals surface area contributed by atoms with Crippen molar-refractivity contribution in [2.75, 3.05) is 38.1 Å². The van der Waals surface area contributed by atoms with Gasteiger partial charge < -0.3 is 24.3 Å². The number of likely N-dealkylation sites (N-methyl/N-ethyl adjacent to an activating group) is 1. The van der Waals surface area contributed by atoms with Crippen molar-refractivity contribution in [1.82, 2.24) is 34.4 Å². The quantitative estimate of drug-likeness (QED) is 0.387. The number of nitrogens with zero attached hydrogens (tertiary/aromatic N) is 6. The highest BCUT2D eigenvalue weighted by molar-refractivity contribution is 5.87. The van der Waals surface area contributed by atoms with Crippen LogP contribution in [-0.4, -0.2) is 67.6 Å². The molecular weight excluding hydrogens is 448 g/mol. The molecule has 0 spiro atoms. The van der Waals surface area contributed by atoms with Crippen molar-refractivity contribution in [3.05, 3.63) is 79.4 Å². The predicted octanol–water partition coefficient (Wildman–Crippen LogP) is 4.71. The molecule has 8 nitrogen and oxygen atoms in total. The first kappa shape index (κ1) is 20.9. The van der Waals surface area contributed by atoms with Gasteiger partial charge in [0.1, 0.15) is 11.6 Å². The summed E-state index contributed by atoms with van der Waals surface area (Å²) in [4.78, 5) is 25.6. The van der Waals surface area contributed by atoms with Gasteiger partial charge in [0.25, 0.3) is 0 Å². The Morgan fingerprint density at radius 1 is 0.694 bits per heavy atom. The summed E-state index contributed by atoms with van der Waals surface area (Å²) in [5.74, 6) is 1.71. The summed E-state index contributed by atoms with van der Waals surface area (Å²) in [5.41, 5.74) is 8.34. The van der Waals surface area contributed by atoms with E-state index < -0.39 is 0 Å². The largest absolute Gasteiger partial charge is 0.369 e. The highest BCUT2D eigenvalue weighted by atomic mass is 15.2. The van der Waals surface area contributed by atoms with Crippen molar-refractivity contribution in [3.63, 3.8) is 0 Å². The Hall–Kier alpha value is -4.43. The number of anilines is 1. The topological polar surface area (TPSA) is 81.7 Å². The van der Waals surface area contributed by atoms with Gasteiger partial charge in [-0.1, -0.05) is 0 Å². The van der Waals surface area contributed by atoms with Crippen LogP contribution in [0.3, 0.4) is 0 Å². The molecular formula is C28H26N8. The lowest BCUT2D eigenvalue weighted by Gasteiger charge is -2.34. The van der Waals surface area contributed by atoms with Gasteiger partial charge in [-0.15, -0.1) is 0 Å². The lowest BCUT2D eigenvalue weighted by Crippen LogP contribution is -2.44. The van der Waals surface area contributed by atoms with Crippen LogP contribution in [0, 0.1) is 0 Å². The van der Waals surface area contributed by atoms with Gasteiger partial charge in [-0.25, -0.2) is 15.0 Å². The van der Waals surface area contributed by atoms with Gasteiger partial charge in [0, 0.05) is 61.1 Å². The Kier molecular flexibility index (Phi) is 4.85. The van der Waals surface area contributed by atoms with Gasteiger partial charge >= 0.3 is 0 Å². The van der Waals surface area contributed by atoms with E-state index >= 15 is 0 Å². The SMILES string of the molecule is CN1CCN(c2ccc3nc(-c4ccc5nc(-c6ccc(-n7ccnc7)cc6)[nH]c5c4)[nH]c3c2)CC1. The number of fused-ring (bicyclic) bond motifs is 2. The molecule has 0 unspecified atom stereocenters. The highest BCUT2D eigenvalue weighted by Crippen LogP contribution is 2.28. The molecule has 7 rings (SSSR count). The molecule has 1 aliphatic rings. The zero-order valence-electron chi connectivity index (χ0n) is 20.0. The minimum atomic E-state index is 0.848. The van der Waals surface area contributed by atoms with Gasteiger partial charge in [0.05, 0.1) is 28.4 Å². The maximum absolute atomic E-state index is 4.86. The molecule has 2 N–H and O–H groups in total. The van der Waals surface area contributed by atoms with E-state index in [0.717, 1.165) is 76.7 Å². The molecule has 8 heteroatoms. The Labute approximate surface area is 208 Å². The number of aromatic amines is 2. The van der Waals surface area contributed by atoms with Crippen LogP contribution >= 0.6 is 0 Å². The molecule has 1 aliphatic heterocycles. The molecule has 0 atom stereocenters. The minimum absolute atomic E-state index is 0.848. The van der Waals surface area contributed by atoms with Crippen LogP contribution in [0.5, 0.6) is 0 Å². The molecule has 1 fully saturated rings. The first-order valence-corrected chi connectivity index (χ1v) is 12.2. The standard InChI is InChI=1S/C28H26N8/c1-34-12-14-35(15-13-34)22-7-9-24-26(17-22)33-28(31-24)20-4-8-23-25(16-20)32-27(30-23)19-2-5-21(6-3-19)36-11-10-29-18-36/h2-11,16-18H,12-15H2,1H3,(H,30,32)(H,31,33). The van der Waals surface area contributed by atoms with E-state index in [-0.39, 0.29) is 0 Å². The smallest absolute Gasteiger partial charge is 0.138 e. The van der Waals surface area contributed by atoms with Crippen LogP contribution in [0.2, 0.25) is 0 Å². The fourth-order valence-electron chi connectivity index (χ4n) is 4.89. The molecule has 178 valence electrons.